The Morgan fingerprint density at radius 2 is 1.74 bits per heavy atom. The lowest BCUT2D eigenvalue weighted by Crippen LogP contribution is -2.43. The monoisotopic (exact) mass is 486 g/mol. The number of hydrogen-bond donors (Lipinski definition) is 0. The first kappa shape index (κ1) is 24.0. The van der Waals surface area contributed by atoms with E-state index in [1.165, 1.54) is 17.0 Å². The molecule has 0 N–H and O–H groups in total. The van der Waals surface area contributed by atoms with Crippen molar-refractivity contribution in [3.63, 3.8) is 0 Å². The number of rotatable bonds is 8. The van der Waals surface area contributed by atoms with Crippen LogP contribution in [0.5, 0.6) is 0 Å². The van der Waals surface area contributed by atoms with Gasteiger partial charge in [0.15, 0.2) is 0 Å². The van der Waals surface area contributed by atoms with E-state index in [2.05, 4.69) is 0 Å². The third-order valence-corrected chi connectivity index (χ3v) is 6.87. The molecule has 0 aliphatic heterocycles. The molecular weight excluding hydrogens is 461 g/mol. The summed E-state index contributed by atoms with van der Waals surface area (Å²) in [5, 5.41) is 1.98. The van der Waals surface area contributed by atoms with Crippen LogP contribution in [0.15, 0.2) is 66.0 Å². The van der Waals surface area contributed by atoms with Gasteiger partial charge in [-0.15, -0.1) is 11.3 Å². The van der Waals surface area contributed by atoms with Gasteiger partial charge in [-0.3, -0.25) is 9.59 Å². The van der Waals surface area contributed by atoms with Gasteiger partial charge in [0.05, 0.1) is 12.1 Å². The highest BCUT2D eigenvalue weighted by molar-refractivity contribution is 7.10. The van der Waals surface area contributed by atoms with Gasteiger partial charge in [-0.25, -0.2) is 0 Å². The standard InChI is InChI=1S/C26H25F3N2O2S/c1-18-12-13-34-23(18)16-30(15-19-6-3-2-4-7-19)24(32)17-31(22-10-11-22)25(33)20-8-5-9-21(14-20)26(27,28)29/h2-9,12-14,22H,10-11,15-17H2,1H3. The molecule has 2 amide bonds. The van der Waals surface area contributed by atoms with E-state index in [0.29, 0.717) is 13.1 Å². The molecule has 0 spiro atoms. The number of carbonyl (C=O) groups excluding carboxylic acids is 2. The molecule has 0 radical (unpaired) electrons. The quantitative estimate of drug-likeness (QED) is 0.397. The second-order valence-corrected chi connectivity index (χ2v) is 9.51. The number of alkyl halides is 3. The second-order valence-electron chi connectivity index (χ2n) is 8.50. The Balaban J connectivity index is 1.55. The van der Waals surface area contributed by atoms with E-state index in [-0.39, 0.29) is 24.1 Å². The molecule has 1 fully saturated rings. The Labute approximate surface area is 200 Å². The number of hydrogen-bond acceptors (Lipinski definition) is 3. The van der Waals surface area contributed by atoms with Gasteiger partial charge >= 0.3 is 6.18 Å². The molecule has 4 rings (SSSR count). The zero-order valence-electron chi connectivity index (χ0n) is 18.7. The summed E-state index contributed by atoms with van der Waals surface area (Å²) in [5.41, 5.74) is 1.12. The van der Waals surface area contributed by atoms with Crippen LogP contribution in [-0.2, 0) is 24.1 Å². The highest BCUT2D eigenvalue weighted by atomic mass is 32.1. The van der Waals surface area contributed by atoms with Crippen molar-refractivity contribution in [2.24, 2.45) is 0 Å². The normalized spacial score (nSPS) is 13.5. The first-order valence-corrected chi connectivity index (χ1v) is 11.9. The van der Waals surface area contributed by atoms with E-state index >= 15 is 0 Å². The van der Waals surface area contributed by atoms with Crippen LogP contribution in [-0.4, -0.2) is 34.2 Å². The molecule has 0 saturated heterocycles. The number of carbonyl (C=O) groups is 2. The first-order chi connectivity index (χ1) is 16.2. The van der Waals surface area contributed by atoms with Crippen molar-refractivity contribution in [2.75, 3.05) is 6.54 Å². The van der Waals surface area contributed by atoms with E-state index in [1.54, 1.807) is 16.2 Å². The Bertz CT molecular complexity index is 1160. The van der Waals surface area contributed by atoms with E-state index < -0.39 is 17.6 Å². The summed E-state index contributed by atoms with van der Waals surface area (Å²) in [6.45, 7) is 2.61. The molecule has 1 aromatic heterocycles. The molecular formula is C26H25F3N2O2S. The predicted octanol–water partition coefficient (Wildman–Crippen LogP) is 5.91. The molecule has 1 heterocycles. The van der Waals surface area contributed by atoms with Gasteiger partial charge in [-0.2, -0.15) is 13.2 Å². The predicted molar refractivity (Wildman–Crippen MR) is 125 cm³/mol. The van der Waals surface area contributed by atoms with Crippen molar-refractivity contribution in [1.29, 1.82) is 0 Å². The summed E-state index contributed by atoms with van der Waals surface area (Å²) in [7, 11) is 0. The van der Waals surface area contributed by atoms with E-state index in [1.807, 2.05) is 48.7 Å². The lowest BCUT2D eigenvalue weighted by molar-refractivity contribution is -0.137. The van der Waals surface area contributed by atoms with Crippen molar-refractivity contribution in [1.82, 2.24) is 9.80 Å². The molecule has 8 heteroatoms. The fourth-order valence-electron chi connectivity index (χ4n) is 3.77. The molecule has 0 unspecified atom stereocenters. The van der Waals surface area contributed by atoms with Crippen molar-refractivity contribution in [2.45, 2.75) is 45.1 Å². The van der Waals surface area contributed by atoms with Crippen LogP contribution in [0.2, 0.25) is 0 Å². The molecule has 0 atom stereocenters. The number of amides is 2. The average molecular weight is 487 g/mol. The molecule has 178 valence electrons. The van der Waals surface area contributed by atoms with Gasteiger partial charge in [0.2, 0.25) is 5.91 Å². The highest BCUT2D eigenvalue weighted by Gasteiger charge is 2.37. The number of benzene rings is 2. The fourth-order valence-corrected chi connectivity index (χ4v) is 4.69. The summed E-state index contributed by atoms with van der Waals surface area (Å²) < 4.78 is 39.5. The maximum Gasteiger partial charge on any atom is 0.416 e. The summed E-state index contributed by atoms with van der Waals surface area (Å²) in [5.74, 6) is -0.780. The molecule has 1 aliphatic rings. The third kappa shape index (κ3) is 5.86. The Hall–Kier alpha value is -3.13. The highest BCUT2D eigenvalue weighted by Crippen LogP contribution is 2.32. The second kappa shape index (κ2) is 10.0. The first-order valence-electron chi connectivity index (χ1n) is 11.1. The summed E-state index contributed by atoms with van der Waals surface area (Å²) in [4.78, 5) is 30.8. The van der Waals surface area contributed by atoms with Gasteiger partial charge in [0, 0.05) is 23.0 Å². The summed E-state index contributed by atoms with van der Waals surface area (Å²) >= 11 is 1.57. The van der Waals surface area contributed by atoms with Crippen molar-refractivity contribution >= 4 is 23.2 Å². The minimum Gasteiger partial charge on any atom is -0.332 e. The van der Waals surface area contributed by atoms with Crippen molar-refractivity contribution < 1.29 is 22.8 Å². The van der Waals surface area contributed by atoms with Crippen LogP contribution in [0.1, 0.15) is 44.8 Å². The van der Waals surface area contributed by atoms with Crippen LogP contribution < -0.4 is 0 Å². The Kier molecular flexibility index (Phi) is 7.07. The topological polar surface area (TPSA) is 40.6 Å². The van der Waals surface area contributed by atoms with Crippen LogP contribution >= 0.6 is 11.3 Å². The van der Waals surface area contributed by atoms with Gasteiger partial charge < -0.3 is 9.80 Å². The zero-order chi connectivity index (χ0) is 24.3. The van der Waals surface area contributed by atoms with E-state index in [9.17, 15) is 22.8 Å². The average Bonchev–Trinajstić information content (AvgIpc) is 3.58. The van der Waals surface area contributed by atoms with Crippen molar-refractivity contribution in [3.05, 3.63) is 93.2 Å². The molecule has 1 saturated carbocycles. The van der Waals surface area contributed by atoms with E-state index in [4.69, 9.17) is 0 Å². The third-order valence-electron chi connectivity index (χ3n) is 5.86. The molecule has 3 aromatic rings. The van der Waals surface area contributed by atoms with Crippen LogP contribution in [0, 0.1) is 6.92 Å². The number of halogens is 3. The van der Waals surface area contributed by atoms with Crippen molar-refractivity contribution in [3.8, 4) is 0 Å². The minimum atomic E-state index is -4.54. The summed E-state index contributed by atoms with van der Waals surface area (Å²) in [6.07, 6.45) is -3.07. The van der Waals surface area contributed by atoms with Gasteiger partial charge in [-0.1, -0.05) is 36.4 Å². The maximum absolute atomic E-state index is 13.4. The van der Waals surface area contributed by atoms with Crippen LogP contribution in [0.4, 0.5) is 13.2 Å². The number of aryl methyl sites for hydroxylation is 1. The smallest absolute Gasteiger partial charge is 0.332 e. The number of thiophene rings is 1. The molecule has 0 bridgehead atoms. The molecule has 34 heavy (non-hydrogen) atoms. The maximum atomic E-state index is 13.4. The Morgan fingerprint density at radius 3 is 2.35 bits per heavy atom. The minimum absolute atomic E-state index is 0.0572. The lowest BCUT2D eigenvalue weighted by atomic mass is 10.1. The molecule has 1 aliphatic carbocycles. The SMILES string of the molecule is Cc1ccsc1CN(Cc1ccccc1)C(=O)CN(C(=O)c1cccc(C(F)(F)F)c1)C1CC1. The Morgan fingerprint density at radius 1 is 1.00 bits per heavy atom. The summed E-state index contributed by atoms with van der Waals surface area (Å²) in [6, 6.07) is 15.9. The van der Waals surface area contributed by atoms with Gasteiger partial charge in [-0.05, 0) is 60.5 Å². The molecule has 2 aromatic carbocycles. The zero-order valence-corrected chi connectivity index (χ0v) is 19.5. The number of nitrogens with zero attached hydrogens (tertiary/aromatic N) is 2. The molecule has 4 nitrogen and oxygen atoms in total. The van der Waals surface area contributed by atoms with Crippen LogP contribution in [0.25, 0.3) is 0 Å². The van der Waals surface area contributed by atoms with E-state index in [0.717, 1.165) is 41.0 Å². The van der Waals surface area contributed by atoms with Crippen LogP contribution in [0.3, 0.4) is 0 Å². The lowest BCUT2D eigenvalue weighted by Gasteiger charge is -2.28. The fraction of sp³-hybridized carbons (Fsp3) is 0.308. The van der Waals surface area contributed by atoms with Gasteiger partial charge in [0.1, 0.15) is 6.54 Å². The largest absolute Gasteiger partial charge is 0.416 e. The van der Waals surface area contributed by atoms with Gasteiger partial charge in [0.25, 0.3) is 5.91 Å².